The summed E-state index contributed by atoms with van der Waals surface area (Å²) in [6.45, 7) is 6.90. The normalized spacial score (nSPS) is 17.7. The molecule has 0 aromatic carbocycles. The number of likely N-dealkylation sites (tertiary alicyclic amines) is 1. The second-order valence-corrected chi connectivity index (χ2v) is 6.44. The van der Waals surface area contributed by atoms with E-state index in [0.29, 0.717) is 6.42 Å². The standard InChI is InChI=1S/C18H24N4O/c1-12-7-8-15(11-19-12)10-17(23)22-9-5-6-16(22)18-13(2)20-21(4)14(18)3/h7-8,11,16H,5-6,9-10H2,1-4H3/t16-/m0/s1. The monoisotopic (exact) mass is 312 g/mol. The van der Waals surface area contributed by atoms with E-state index in [0.717, 1.165) is 42.0 Å². The summed E-state index contributed by atoms with van der Waals surface area (Å²) in [4.78, 5) is 19.1. The molecule has 0 N–H and O–H groups in total. The molecule has 2 aromatic rings. The van der Waals surface area contributed by atoms with E-state index in [1.165, 1.54) is 5.56 Å². The summed E-state index contributed by atoms with van der Waals surface area (Å²) in [5, 5.41) is 4.51. The van der Waals surface area contributed by atoms with E-state index in [4.69, 9.17) is 0 Å². The molecule has 0 aliphatic carbocycles. The molecular formula is C18H24N4O. The first-order valence-corrected chi connectivity index (χ1v) is 8.18. The molecule has 1 saturated heterocycles. The van der Waals surface area contributed by atoms with Gasteiger partial charge in [0.25, 0.3) is 0 Å². The van der Waals surface area contributed by atoms with Crippen LogP contribution in [0.5, 0.6) is 0 Å². The zero-order valence-electron chi connectivity index (χ0n) is 14.3. The van der Waals surface area contributed by atoms with Crippen molar-refractivity contribution in [3.8, 4) is 0 Å². The topological polar surface area (TPSA) is 51.0 Å². The molecule has 122 valence electrons. The van der Waals surface area contributed by atoms with Gasteiger partial charge in [0.05, 0.1) is 18.2 Å². The van der Waals surface area contributed by atoms with Crippen molar-refractivity contribution in [3.63, 3.8) is 0 Å². The van der Waals surface area contributed by atoms with Gasteiger partial charge in [-0.3, -0.25) is 14.5 Å². The van der Waals surface area contributed by atoms with Gasteiger partial charge in [0.1, 0.15) is 0 Å². The highest BCUT2D eigenvalue weighted by molar-refractivity contribution is 5.79. The fourth-order valence-electron chi connectivity index (χ4n) is 3.52. The summed E-state index contributed by atoms with van der Waals surface area (Å²) in [5.74, 6) is 0.181. The van der Waals surface area contributed by atoms with E-state index in [2.05, 4.69) is 17.0 Å². The Balaban J connectivity index is 1.81. The molecule has 1 fully saturated rings. The highest BCUT2D eigenvalue weighted by Gasteiger charge is 2.33. The number of pyridine rings is 1. The Hall–Kier alpha value is -2.17. The van der Waals surface area contributed by atoms with Crippen LogP contribution < -0.4 is 0 Å². The number of aryl methyl sites for hydroxylation is 3. The van der Waals surface area contributed by atoms with Gasteiger partial charge in [0, 0.05) is 36.7 Å². The molecule has 0 saturated carbocycles. The summed E-state index contributed by atoms with van der Waals surface area (Å²) in [6, 6.07) is 4.11. The van der Waals surface area contributed by atoms with Crippen molar-refractivity contribution in [2.75, 3.05) is 6.54 Å². The quantitative estimate of drug-likeness (QED) is 0.875. The first-order chi connectivity index (χ1) is 11.0. The number of amides is 1. The minimum atomic E-state index is 0.162. The fraction of sp³-hybridized carbons (Fsp3) is 0.500. The molecule has 1 aliphatic rings. The Morgan fingerprint density at radius 2 is 2.09 bits per heavy atom. The van der Waals surface area contributed by atoms with E-state index in [1.54, 1.807) is 6.20 Å². The van der Waals surface area contributed by atoms with Gasteiger partial charge in [-0.25, -0.2) is 0 Å². The maximum Gasteiger partial charge on any atom is 0.227 e. The van der Waals surface area contributed by atoms with Crippen LogP contribution in [0.3, 0.4) is 0 Å². The van der Waals surface area contributed by atoms with Crippen LogP contribution in [-0.2, 0) is 18.3 Å². The van der Waals surface area contributed by atoms with Gasteiger partial charge in [-0.05, 0) is 45.2 Å². The van der Waals surface area contributed by atoms with Gasteiger partial charge in [-0.2, -0.15) is 5.10 Å². The molecule has 23 heavy (non-hydrogen) atoms. The average Bonchev–Trinajstić information content (AvgIpc) is 3.07. The molecule has 1 aliphatic heterocycles. The Morgan fingerprint density at radius 1 is 1.30 bits per heavy atom. The second kappa shape index (κ2) is 6.14. The molecular weight excluding hydrogens is 288 g/mol. The number of hydrogen-bond acceptors (Lipinski definition) is 3. The van der Waals surface area contributed by atoms with E-state index < -0.39 is 0 Å². The van der Waals surface area contributed by atoms with E-state index in [9.17, 15) is 4.79 Å². The first-order valence-electron chi connectivity index (χ1n) is 8.18. The number of rotatable bonds is 3. The summed E-state index contributed by atoms with van der Waals surface area (Å²) in [7, 11) is 1.96. The predicted octanol–water partition coefficient (Wildman–Crippen LogP) is 2.65. The number of nitrogens with zero attached hydrogens (tertiary/aromatic N) is 4. The Bertz CT molecular complexity index is 717. The minimum absolute atomic E-state index is 0.162. The highest BCUT2D eigenvalue weighted by atomic mass is 16.2. The summed E-state index contributed by atoms with van der Waals surface area (Å²) in [6.07, 6.45) is 4.29. The summed E-state index contributed by atoms with van der Waals surface area (Å²) in [5.41, 5.74) is 5.36. The molecule has 0 spiro atoms. The smallest absolute Gasteiger partial charge is 0.227 e. The number of carbonyl (C=O) groups is 1. The molecule has 3 rings (SSSR count). The van der Waals surface area contributed by atoms with Crippen molar-refractivity contribution in [2.45, 2.75) is 46.1 Å². The zero-order valence-corrected chi connectivity index (χ0v) is 14.3. The Labute approximate surface area is 137 Å². The average molecular weight is 312 g/mol. The van der Waals surface area contributed by atoms with Crippen molar-refractivity contribution in [2.24, 2.45) is 7.05 Å². The predicted molar refractivity (Wildman–Crippen MR) is 89.0 cm³/mol. The third-order valence-corrected chi connectivity index (χ3v) is 4.80. The van der Waals surface area contributed by atoms with Gasteiger partial charge >= 0.3 is 0 Å². The third kappa shape index (κ3) is 3.00. The van der Waals surface area contributed by atoms with Crippen LogP contribution in [0.25, 0.3) is 0 Å². The number of aromatic nitrogens is 3. The minimum Gasteiger partial charge on any atom is -0.335 e. The van der Waals surface area contributed by atoms with Crippen LogP contribution in [0.15, 0.2) is 18.3 Å². The van der Waals surface area contributed by atoms with Gasteiger partial charge in [-0.15, -0.1) is 0 Å². The van der Waals surface area contributed by atoms with Gasteiger partial charge < -0.3 is 4.90 Å². The maximum absolute atomic E-state index is 12.8. The molecule has 1 amide bonds. The lowest BCUT2D eigenvalue weighted by molar-refractivity contribution is -0.131. The molecule has 0 radical (unpaired) electrons. The maximum atomic E-state index is 12.8. The van der Waals surface area contributed by atoms with Crippen LogP contribution in [-0.4, -0.2) is 32.1 Å². The van der Waals surface area contributed by atoms with Gasteiger partial charge in [0.15, 0.2) is 0 Å². The Kier molecular flexibility index (Phi) is 4.20. The van der Waals surface area contributed by atoms with Crippen molar-refractivity contribution < 1.29 is 4.79 Å². The Morgan fingerprint density at radius 3 is 2.70 bits per heavy atom. The molecule has 5 heteroatoms. The molecule has 0 bridgehead atoms. The van der Waals surface area contributed by atoms with Crippen molar-refractivity contribution in [1.82, 2.24) is 19.7 Å². The second-order valence-electron chi connectivity index (χ2n) is 6.44. The van der Waals surface area contributed by atoms with Crippen LogP contribution in [0.2, 0.25) is 0 Å². The summed E-state index contributed by atoms with van der Waals surface area (Å²) < 4.78 is 1.91. The number of hydrogen-bond donors (Lipinski definition) is 0. The van der Waals surface area contributed by atoms with Crippen LogP contribution in [0.1, 0.15) is 47.1 Å². The van der Waals surface area contributed by atoms with E-state index >= 15 is 0 Å². The molecule has 1 atom stereocenters. The van der Waals surface area contributed by atoms with Gasteiger partial charge in [-0.1, -0.05) is 6.07 Å². The van der Waals surface area contributed by atoms with E-state index in [-0.39, 0.29) is 11.9 Å². The van der Waals surface area contributed by atoms with Crippen molar-refractivity contribution in [1.29, 1.82) is 0 Å². The van der Waals surface area contributed by atoms with Crippen LogP contribution >= 0.6 is 0 Å². The molecule has 5 nitrogen and oxygen atoms in total. The SMILES string of the molecule is Cc1ccc(CC(=O)N2CCC[C@H]2c2c(C)nn(C)c2C)cn1. The highest BCUT2D eigenvalue weighted by Crippen LogP contribution is 2.35. The zero-order chi connectivity index (χ0) is 16.6. The lowest BCUT2D eigenvalue weighted by atomic mass is 10.0. The molecule has 2 aromatic heterocycles. The van der Waals surface area contributed by atoms with Gasteiger partial charge in [0.2, 0.25) is 5.91 Å². The lowest BCUT2D eigenvalue weighted by Crippen LogP contribution is -2.32. The van der Waals surface area contributed by atoms with E-state index in [1.807, 2.05) is 42.6 Å². The lowest BCUT2D eigenvalue weighted by Gasteiger charge is -2.25. The molecule has 0 unspecified atom stereocenters. The summed E-state index contributed by atoms with van der Waals surface area (Å²) >= 11 is 0. The first kappa shape index (κ1) is 15.7. The van der Waals surface area contributed by atoms with Crippen molar-refractivity contribution in [3.05, 3.63) is 46.5 Å². The number of carbonyl (C=O) groups excluding carboxylic acids is 1. The third-order valence-electron chi connectivity index (χ3n) is 4.80. The van der Waals surface area contributed by atoms with Crippen molar-refractivity contribution >= 4 is 5.91 Å². The van der Waals surface area contributed by atoms with Crippen LogP contribution in [0.4, 0.5) is 0 Å². The largest absolute Gasteiger partial charge is 0.335 e. The fourth-order valence-corrected chi connectivity index (χ4v) is 3.52. The van der Waals surface area contributed by atoms with Crippen LogP contribution in [0, 0.1) is 20.8 Å². The molecule has 3 heterocycles.